The highest BCUT2D eigenvalue weighted by Crippen LogP contribution is 2.08. The van der Waals surface area contributed by atoms with Crippen molar-refractivity contribution >= 4 is 11.6 Å². The Morgan fingerprint density at radius 2 is 1.85 bits per heavy atom. The topological polar surface area (TPSA) is 44.4 Å². The first-order valence-electron chi connectivity index (χ1n) is 6.82. The number of anilines is 1. The Hall–Kier alpha value is -1.46. The number of amides is 1. The number of hydrogen-bond acceptors (Lipinski definition) is 3. The molecule has 20 heavy (non-hydrogen) atoms. The third-order valence-corrected chi connectivity index (χ3v) is 3.02. The number of nitrogens with zero attached hydrogens (tertiary/aromatic N) is 1. The Morgan fingerprint density at radius 3 is 2.35 bits per heavy atom. The summed E-state index contributed by atoms with van der Waals surface area (Å²) in [5.41, 5.74) is 0.604. The van der Waals surface area contributed by atoms with Crippen LogP contribution in [0.3, 0.4) is 0 Å². The molecule has 2 N–H and O–H groups in total. The summed E-state index contributed by atoms with van der Waals surface area (Å²) < 4.78 is 12.8. The minimum Gasteiger partial charge on any atom is -0.325 e. The molecule has 0 aliphatic heterocycles. The van der Waals surface area contributed by atoms with E-state index in [2.05, 4.69) is 29.4 Å². The summed E-state index contributed by atoms with van der Waals surface area (Å²) in [6.07, 6.45) is 0. The van der Waals surface area contributed by atoms with Gasteiger partial charge in [0.05, 0.1) is 6.54 Å². The van der Waals surface area contributed by atoms with Gasteiger partial charge in [0.1, 0.15) is 5.82 Å². The fraction of sp³-hybridized carbons (Fsp3) is 0.533. The molecule has 1 aromatic carbocycles. The summed E-state index contributed by atoms with van der Waals surface area (Å²) in [4.78, 5) is 13.9. The van der Waals surface area contributed by atoms with Crippen LogP contribution in [0.15, 0.2) is 24.3 Å². The number of nitrogens with one attached hydrogen (secondary N) is 2. The minimum absolute atomic E-state index is 0.124. The van der Waals surface area contributed by atoms with Crippen molar-refractivity contribution in [3.05, 3.63) is 30.1 Å². The predicted octanol–water partition coefficient (Wildman–Crippen LogP) is 1.94. The Morgan fingerprint density at radius 1 is 1.25 bits per heavy atom. The molecule has 1 rings (SSSR count). The summed E-state index contributed by atoms with van der Waals surface area (Å²) >= 11 is 0. The van der Waals surface area contributed by atoms with E-state index in [1.807, 2.05) is 14.1 Å². The van der Waals surface area contributed by atoms with Gasteiger partial charge in [0, 0.05) is 18.3 Å². The Labute approximate surface area is 120 Å². The monoisotopic (exact) mass is 281 g/mol. The van der Waals surface area contributed by atoms with Crippen LogP contribution in [-0.4, -0.2) is 44.0 Å². The maximum Gasteiger partial charge on any atom is 0.238 e. The maximum absolute atomic E-state index is 12.8. The van der Waals surface area contributed by atoms with E-state index in [-0.39, 0.29) is 24.3 Å². The van der Waals surface area contributed by atoms with Crippen LogP contribution in [0.1, 0.15) is 13.8 Å². The Bertz CT molecular complexity index is 418. The lowest BCUT2D eigenvalue weighted by molar-refractivity contribution is -0.115. The Kier molecular flexibility index (Phi) is 6.61. The molecule has 0 fully saturated rings. The van der Waals surface area contributed by atoms with Gasteiger partial charge in [0.25, 0.3) is 0 Å². The van der Waals surface area contributed by atoms with Crippen LogP contribution in [0.4, 0.5) is 10.1 Å². The number of likely N-dealkylation sites (N-methyl/N-ethyl adjacent to an activating group) is 1. The zero-order chi connectivity index (χ0) is 15.1. The zero-order valence-corrected chi connectivity index (χ0v) is 12.6. The molecule has 1 unspecified atom stereocenters. The van der Waals surface area contributed by atoms with Gasteiger partial charge in [-0.2, -0.15) is 0 Å². The van der Waals surface area contributed by atoms with Crippen LogP contribution in [-0.2, 0) is 4.79 Å². The largest absolute Gasteiger partial charge is 0.325 e. The van der Waals surface area contributed by atoms with Crippen molar-refractivity contribution in [2.24, 2.45) is 5.92 Å². The molecule has 1 atom stereocenters. The molecule has 112 valence electrons. The number of hydrogen-bond donors (Lipinski definition) is 2. The van der Waals surface area contributed by atoms with E-state index < -0.39 is 0 Å². The van der Waals surface area contributed by atoms with E-state index in [1.165, 1.54) is 12.1 Å². The van der Waals surface area contributed by atoms with E-state index in [0.29, 0.717) is 11.6 Å². The molecule has 0 bridgehead atoms. The first-order valence-corrected chi connectivity index (χ1v) is 6.82. The molecule has 0 saturated carbocycles. The molecule has 5 heteroatoms. The van der Waals surface area contributed by atoms with Crippen molar-refractivity contribution in [3.63, 3.8) is 0 Å². The lowest BCUT2D eigenvalue weighted by Gasteiger charge is -2.25. The third kappa shape index (κ3) is 6.12. The number of rotatable bonds is 7. The summed E-state index contributed by atoms with van der Waals surface area (Å²) in [7, 11) is 4.02. The number of benzene rings is 1. The molecule has 1 amide bonds. The summed E-state index contributed by atoms with van der Waals surface area (Å²) in [6, 6.07) is 6.00. The molecule has 0 aliphatic carbocycles. The van der Waals surface area contributed by atoms with E-state index in [9.17, 15) is 9.18 Å². The maximum atomic E-state index is 12.8. The van der Waals surface area contributed by atoms with Crippen molar-refractivity contribution < 1.29 is 9.18 Å². The molecule has 0 aromatic heterocycles. The highest BCUT2D eigenvalue weighted by Gasteiger charge is 2.15. The van der Waals surface area contributed by atoms with Crippen LogP contribution in [0.5, 0.6) is 0 Å². The normalized spacial score (nSPS) is 12.8. The standard InChI is InChI=1S/C15H24FN3O/c1-11(2)14(10-19(3)4)17-9-15(20)18-13-7-5-12(16)6-8-13/h5-8,11,14,17H,9-10H2,1-4H3,(H,18,20). The highest BCUT2D eigenvalue weighted by atomic mass is 19.1. The average molecular weight is 281 g/mol. The van der Waals surface area contributed by atoms with Crippen LogP contribution in [0.2, 0.25) is 0 Å². The average Bonchev–Trinajstić information content (AvgIpc) is 2.36. The molecule has 0 saturated heterocycles. The first kappa shape index (κ1) is 16.6. The van der Waals surface area contributed by atoms with Crippen LogP contribution in [0.25, 0.3) is 0 Å². The molecule has 0 heterocycles. The molecule has 4 nitrogen and oxygen atoms in total. The van der Waals surface area contributed by atoms with Crippen molar-refractivity contribution in [3.8, 4) is 0 Å². The second kappa shape index (κ2) is 7.97. The van der Waals surface area contributed by atoms with Crippen molar-refractivity contribution in [1.82, 2.24) is 10.2 Å². The molecule has 1 aromatic rings. The van der Waals surface area contributed by atoms with Crippen molar-refractivity contribution in [2.75, 3.05) is 32.5 Å². The van der Waals surface area contributed by atoms with Gasteiger partial charge >= 0.3 is 0 Å². The van der Waals surface area contributed by atoms with Gasteiger partial charge in [-0.25, -0.2) is 4.39 Å². The molecular weight excluding hydrogens is 257 g/mol. The lowest BCUT2D eigenvalue weighted by atomic mass is 10.0. The zero-order valence-electron chi connectivity index (χ0n) is 12.6. The third-order valence-electron chi connectivity index (χ3n) is 3.02. The molecular formula is C15H24FN3O. The number of carbonyl (C=O) groups is 1. The van der Waals surface area contributed by atoms with Crippen LogP contribution in [0, 0.1) is 11.7 Å². The second-order valence-corrected chi connectivity index (χ2v) is 5.55. The van der Waals surface area contributed by atoms with Gasteiger partial charge in [-0.15, -0.1) is 0 Å². The quantitative estimate of drug-likeness (QED) is 0.803. The summed E-state index contributed by atoms with van der Waals surface area (Å²) in [5, 5.41) is 5.99. The van der Waals surface area contributed by atoms with Gasteiger partial charge in [0.2, 0.25) is 5.91 Å². The van der Waals surface area contributed by atoms with E-state index >= 15 is 0 Å². The molecule has 0 aliphatic rings. The fourth-order valence-electron chi connectivity index (χ4n) is 1.87. The molecule has 0 radical (unpaired) electrons. The number of carbonyl (C=O) groups excluding carboxylic acids is 1. The Balaban J connectivity index is 2.43. The van der Waals surface area contributed by atoms with Gasteiger partial charge in [-0.05, 0) is 44.3 Å². The highest BCUT2D eigenvalue weighted by molar-refractivity contribution is 5.92. The van der Waals surface area contributed by atoms with Crippen molar-refractivity contribution in [2.45, 2.75) is 19.9 Å². The van der Waals surface area contributed by atoms with Gasteiger partial charge in [-0.1, -0.05) is 13.8 Å². The summed E-state index contributed by atoms with van der Waals surface area (Å²) in [6.45, 7) is 5.37. The SMILES string of the molecule is CC(C)C(CN(C)C)NCC(=O)Nc1ccc(F)cc1. The summed E-state index contributed by atoms with van der Waals surface area (Å²) in [5.74, 6) is 0.00372. The van der Waals surface area contributed by atoms with Crippen LogP contribution >= 0.6 is 0 Å². The van der Waals surface area contributed by atoms with Gasteiger partial charge < -0.3 is 15.5 Å². The predicted molar refractivity (Wildman–Crippen MR) is 80.2 cm³/mol. The number of halogens is 1. The second-order valence-electron chi connectivity index (χ2n) is 5.55. The van der Waals surface area contributed by atoms with Crippen LogP contribution < -0.4 is 10.6 Å². The lowest BCUT2D eigenvalue weighted by Crippen LogP contribution is -2.45. The van der Waals surface area contributed by atoms with Crippen molar-refractivity contribution in [1.29, 1.82) is 0 Å². The smallest absolute Gasteiger partial charge is 0.238 e. The van der Waals surface area contributed by atoms with Gasteiger partial charge in [-0.3, -0.25) is 4.79 Å². The van der Waals surface area contributed by atoms with E-state index in [4.69, 9.17) is 0 Å². The first-order chi connectivity index (χ1) is 9.38. The van der Waals surface area contributed by atoms with Gasteiger partial charge in [0.15, 0.2) is 0 Å². The fourth-order valence-corrected chi connectivity index (χ4v) is 1.87. The minimum atomic E-state index is -0.313. The van der Waals surface area contributed by atoms with E-state index in [1.54, 1.807) is 12.1 Å². The van der Waals surface area contributed by atoms with E-state index in [0.717, 1.165) is 6.54 Å². The molecule has 0 spiro atoms.